The maximum absolute atomic E-state index is 4.35. The standard InChI is InChI=1S/C11H26N3/c1-7-8-9-10-13(3)11(12-2)14(4,5)6/h7-10H2,1-6H3/q+1. The number of unbranched alkanes of at least 4 members (excludes halogenated alkanes) is 2. The lowest BCUT2D eigenvalue weighted by molar-refractivity contribution is -0.782. The van der Waals surface area contributed by atoms with Crippen molar-refractivity contribution in [2.75, 3.05) is 41.8 Å². The lowest BCUT2D eigenvalue weighted by Gasteiger charge is -2.30. The fourth-order valence-corrected chi connectivity index (χ4v) is 1.68. The molecule has 0 aliphatic carbocycles. The van der Waals surface area contributed by atoms with Gasteiger partial charge in [0.05, 0.1) is 21.1 Å². The van der Waals surface area contributed by atoms with Crippen LogP contribution in [0.1, 0.15) is 26.2 Å². The van der Waals surface area contributed by atoms with Crippen LogP contribution in [0.4, 0.5) is 0 Å². The summed E-state index contributed by atoms with van der Waals surface area (Å²) in [6, 6.07) is 0. The summed E-state index contributed by atoms with van der Waals surface area (Å²) in [5, 5.41) is 0. The fraction of sp³-hybridized carbons (Fsp3) is 0.909. The first-order valence-corrected chi connectivity index (χ1v) is 5.43. The molecule has 0 bridgehead atoms. The zero-order valence-corrected chi connectivity index (χ0v) is 10.7. The van der Waals surface area contributed by atoms with Gasteiger partial charge in [0.25, 0.3) is 5.96 Å². The molecule has 0 aliphatic heterocycles. The molecule has 0 fully saturated rings. The molecule has 0 heterocycles. The Hall–Kier alpha value is -0.570. The van der Waals surface area contributed by atoms with Crippen molar-refractivity contribution in [3.8, 4) is 0 Å². The van der Waals surface area contributed by atoms with Crippen LogP contribution in [0.5, 0.6) is 0 Å². The van der Waals surface area contributed by atoms with Crippen molar-refractivity contribution in [1.82, 2.24) is 4.90 Å². The average molecular weight is 200 g/mol. The first-order valence-electron chi connectivity index (χ1n) is 5.43. The molecule has 0 radical (unpaired) electrons. The Bertz CT molecular complexity index is 179. The van der Waals surface area contributed by atoms with Crippen LogP contribution >= 0.6 is 0 Å². The number of guanidine groups is 1. The lowest BCUT2D eigenvalue weighted by Crippen LogP contribution is -2.50. The zero-order valence-electron chi connectivity index (χ0n) is 10.7. The monoisotopic (exact) mass is 200 g/mol. The first kappa shape index (κ1) is 13.4. The Kier molecular flexibility index (Phi) is 5.77. The van der Waals surface area contributed by atoms with Gasteiger partial charge in [0.15, 0.2) is 0 Å². The Morgan fingerprint density at radius 2 is 1.79 bits per heavy atom. The molecule has 0 rings (SSSR count). The number of aliphatic imine (C=N–C) groups is 1. The summed E-state index contributed by atoms with van der Waals surface area (Å²) >= 11 is 0. The Labute approximate surface area is 89.0 Å². The number of hydrogen-bond donors (Lipinski definition) is 0. The molecular weight excluding hydrogens is 174 g/mol. The summed E-state index contributed by atoms with van der Waals surface area (Å²) < 4.78 is 0.791. The summed E-state index contributed by atoms with van der Waals surface area (Å²) in [7, 11) is 10.5. The summed E-state index contributed by atoms with van der Waals surface area (Å²) in [5.41, 5.74) is 0. The highest BCUT2D eigenvalue weighted by Gasteiger charge is 2.21. The van der Waals surface area contributed by atoms with Crippen molar-refractivity contribution in [2.24, 2.45) is 4.99 Å². The van der Waals surface area contributed by atoms with Crippen molar-refractivity contribution in [3.63, 3.8) is 0 Å². The van der Waals surface area contributed by atoms with Gasteiger partial charge in [-0.1, -0.05) is 19.8 Å². The number of nitrogens with zero attached hydrogens (tertiary/aromatic N) is 3. The topological polar surface area (TPSA) is 15.6 Å². The van der Waals surface area contributed by atoms with Crippen LogP contribution < -0.4 is 0 Å². The Balaban J connectivity index is 4.14. The maximum Gasteiger partial charge on any atom is 0.299 e. The highest BCUT2D eigenvalue weighted by molar-refractivity contribution is 5.72. The smallest absolute Gasteiger partial charge is 0.299 e. The SMILES string of the molecule is CCCCCN(C)C(=NC)[N+](C)(C)C. The van der Waals surface area contributed by atoms with Crippen LogP contribution in [-0.2, 0) is 0 Å². The highest BCUT2D eigenvalue weighted by Crippen LogP contribution is 2.03. The van der Waals surface area contributed by atoms with Gasteiger partial charge in [0.2, 0.25) is 0 Å². The van der Waals surface area contributed by atoms with E-state index in [0.717, 1.165) is 17.0 Å². The van der Waals surface area contributed by atoms with E-state index in [4.69, 9.17) is 0 Å². The number of quaternary nitrogens is 1. The molecule has 0 unspecified atom stereocenters. The number of hydrogen-bond acceptors (Lipinski definition) is 1. The minimum Gasteiger partial charge on any atom is -0.314 e. The summed E-state index contributed by atoms with van der Waals surface area (Å²) in [5.74, 6) is 1.14. The van der Waals surface area contributed by atoms with Gasteiger partial charge in [-0.2, -0.15) is 0 Å². The van der Waals surface area contributed by atoms with Gasteiger partial charge >= 0.3 is 0 Å². The minimum absolute atomic E-state index is 0.791. The van der Waals surface area contributed by atoms with Crippen LogP contribution in [0.3, 0.4) is 0 Å². The molecule has 0 aromatic carbocycles. The molecule has 0 amide bonds. The maximum atomic E-state index is 4.35. The van der Waals surface area contributed by atoms with E-state index in [-0.39, 0.29) is 0 Å². The second kappa shape index (κ2) is 6.02. The molecule has 3 nitrogen and oxygen atoms in total. The predicted octanol–water partition coefficient (Wildman–Crippen LogP) is 1.80. The van der Waals surface area contributed by atoms with Crippen molar-refractivity contribution in [3.05, 3.63) is 0 Å². The molecule has 0 aromatic rings. The van der Waals surface area contributed by atoms with E-state index in [2.05, 4.69) is 45.0 Å². The molecule has 84 valence electrons. The quantitative estimate of drug-likeness (QED) is 0.292. The molecule has 14 heavy (non-hydrogen) atoms. The molecule has 0 saturated carbocycles. The molecule has 0 N–H and O–H groups in total. The highest BCUT2D eigenvalue weighted by atomic mass is 15.4. The van der Waals surface area contributed by atoms with Crippen LogP contribution in [0.2, 0.25) is 0 Å². The van der Waals surface area contributed by atoms with Crippen LogP contribution in [0.15, 0.2) is 4.99 Å². The summed E-state index contributed by atoms with van der Waals surface area (Å²) in [6.07, 6.45) is 3.83. The van der Waals surface area contributed by atoms with Crippen LogP contribution in [0, 0.1) is 0 Å². The second-order valence-electron chi connectivity index (χ2n) is 4.66. The first-order chi connectivity index (χ1) is 6.43. The van der Waals surface area contributed by atoms with Crippen molar-refractivity contribution in [2.45, 2.75) is 26.2 Å². The third kappa shape index (κ3) is 4.61. The fourth-order valence-electron chi connectivity index (χ4n) is 1.68. The van der Waals surface area contributed by atoms with E-state index in [0.29, 0.717) is 0 Å². The van der Waals surface area contributed by atoms with E-state index in [1.165, 1.54) is 19.3 Å². The molecular formula is C11H26N3+. The van der Waals surface area contributed by atoms with Gasteiger partial charge in [-0.15, -0.1) is 0 Å². The van der Waals surface area contributed by atoms with Crippen LogP contribution in [-0.4, -0.2) is 57.1 Å². The Morgan fingerprint density at radius 1 is 1.21 bits per heavy atom. The van der Waals surface area contributed by atoms with Crippen LogP contribution in [0.25, 0.3) is 0 Å². The third-order valence-electron chi connectivity index (χ3n) is 2.24. The lowest BCUT2D eigenvalue weighted by atomic mass is 10.2. The molecule has 0 spiro atoms. The Morgan fingerprint density at radius 3 is 2.14 bits per heavy atom. The van der Waals surface area contributed by atoms with Crippen molar-refractivity contribution >= 4 is 5.96 Å². The van der Waals surface area contributed by atoms with E-state index < -0.39 is 0 Å². The van der Waals surface area contributed by atoms with E-state index >= 15 is 0 Å². The molecule has 0 aromatic heterocycles. The van der Waals surface area contributed by atoms with Gasteiger partial charge in [-0.25, -0.2) is 4.99 Å². The van der Waals surface area contributed by atoms with E-state index in [1.54, 1.807) is 0 Å². The van der Waals surface area contributed by atoms with Gasteiger partial charge in [0.1, 0.15) is 0 Å². The second-order valence-corrected chi connectivity index (χ2v) is 4.66. The summed E-state index contributed by atoms with van der Waals surface area (Å²) in [6.45, 7) is 3.34. The molecule has 3 heteroatoms. The normalized spacial score (nSPS) is 13.1. The minimum atomic E-state index is 0.791. The van der Waals surface area contributed by atoms with Gasteiger partial charge in [-0.05, 0) is 6.42 Å². The summed E-state index contributed by atoms with van der Waals surface area (Å²) in [4.78, 5) is 6.61. The molecule has 0 atom stereocenters. The third-order valence-corrected chi connectivity index (χ3v) is 2.24. The zero-order chi connectivity index (χ0) is 11.2. The van der Waals surface area contributed by atoms with E-state index in [9.17, 15) is 0 Å². The predicted molar refractivity (Wildman–Crippen MR) is 63.5 cm³/mol. The van der Waals surface area contributed by atoms with Gasteiger partial charge < -0.3 is 4.90 Å². The average Bonchev–Trinajstić information content (AvgIpc) is 2.03. The molecule has 0 saturated heterocycles. The van der Waals surface area contributed by atoms with Gasteiger partial charge in [-0.3, -0.25) is 4.48 Å². The van der Waals surface area contributed by atoms with E-state index in [1.807, 2.05) is 7.05 Å². The van der Waals surface area contributed by atoms with Gasteiger partial charge in [0, 0.05) is 20.6 Å². The largest absolute Gasteiger partial charge is 0.314 e. The van der Waals surface area contributed by atoms with Crippen molar-refractivity contribution in [1.29, 1.82) is 0 Å². The molecule has 0 aliphatic rings. The number of rotatable bonds is 4. The van der Waals surface area contributed by atoms with Crippen molar-refractivity contribution < 1.29 is 4.48 Å².